The van der Waals surface area contributed by atoms with Crippen molar-refractivity contribution >= 4 is 28.6 Å². The Kier molecular flexibility index (Phi) is 3.86. The third-order valence-electron chi connectivity index (χ3n) is 4.59. The molecule has 0 amide bonds. The molecule has 3 aromatic rings. The van der Waals surface area contributed by atoms with E-state index in [1.807, 2.05) is 24.3 Å². The van der Waals surface area contributed by atoms with Crippen LogP contribution in [0.1, 0.15) is 19.8 Å². The van der Waals surface area contributed by atoms with Crippen LogP contribution in [-0.4, -0.2) is 37.2 Å². The van der Waals surface area contributed by atoms with Gasteiger partial charge in [0.1, 0.15) is 17.7 Å². The summed E-state index contributed by atoms with van der Waals surface area (Å²) in [4.78, 5) is 16.4. The number of hydrogen-bond acceptors (Lipinski definition) is 5. The summed E-state index contributed by atoms with van der Waals surface area (Å²) < 4.78 is 0. The van der Waals surface area contributed by atoms with Crippen LogP contribution in [0.2, 0.25) is 5.02 Å². The zero-order valence-electron chi connectivity index (χ0n) is 13.2. The molecule has 0 bridgehead atoms. The van der Waals surface area contributed by atoms with Gasteiger partial charge in [-0.15, -0.1) is 0 Å². The number of aromatic nitrogens is 4. The van der Waals surface area contributed by atoms with Gasteiger partial charge in [-0.3, -0.25) is 0 Å². The maximum absolute atomic E-state index is 9.93. The van der Waals surface area contributed by atoms with E-state index >= 15 is 0 Å². The molecule has 0 spiro atoms. The van der Waals surface area contributed by atoms with Crippen LogP contribution in [0.25, 0.3) is 22.6 Å². The van der Waals surface area contributed by atoms with Crippen molar-refractivity contribution in [2.45, 2.75) is 31.9 Å². The molecule has 6 nitrogen and oxygen atoms in total. The van der Waals surface area contributed by atoms with Gasteiger partial charge in [0.15, 0.2) is 11.5 Å². The predicted octanol–water partition coefficient (Wildman–Crippen LogP) is 3.24. The summed E-state index contributed by atoms with van der Waals surface area (Å²) in [6.45, 7) is 2.07. The molecular formula is C17H18ClN5O. The van der Waals surface area contributed by atoms with E-state index in [1.54, 1.807) is 0 Å². The maximum atomic E-state index is 9.93. The number of imidazole rings is 1. The number of anilines is 1. The van der Waals surface area contributed by atoms with Gasteiger partial charge in [0, 0.05) is 16.6 Å². The van der Waals surface area contributed by atoms with Crippen LogP contribution in [-0.2, 0) is 0 Å². The maximum Gasteiger partial charge on any atom is 0.183 e. The van der Waals surface area contributed by atoms with Crippen LogP contribution in [0, 0.1) is 5.92 Å². The number of hydrogen-bond donors (Lipinski definition) is 3. The van der Waals surface area contributed by atoms with Crippen LogP contribution in [0.4, 0.5) is 5.82 Å². The van der Waals surface area contributed by atoms with Crippen molar-refractivity contribution in [1.82, 2.24) is 19.9 Å². The molecule has 124 valence electrons. The van der Waals surface area contributed by atoms with Crippen LogP contribution in [0.5, 0.6) is 0 Å². The zero-order chi connectivity index (χ0) is 16.7. The minimum absolute atomic E-state index is 0.204. The molecule has 1 saturated carbocycles. The van der Waals surface area contributed by atoms with Crippen molar-refractivity contribution in [3.63, 3.8) is 0 Å². The molecule has 0 saturated heterocycles. The summed E-state index contributed by atoms with van der Waals surface area (Å²) in [7, 11) is 0. The molecule has 0 aliphatic heterocycles. The highest BCUT2D eigenvalue weighted by Crippen LogP contribution is 2.30. The Morgan fingerprint density at radius 1 is 1.21 bits per heavy atom. The first-order valence-corrected chi connectivity index (χ1v) is 8.39. The fraction of sp³-hybridized carbons (Fsp3) is 0.353. The number of aliphatic hydroxyl groups excluding tert-OH is 1. The standard InChI is InChI=1S/C17H18ClN5O/c1-9-6-12(7-13(9)24)21-16-14-17(20-8-19-16)23-15(22-14)10-2-4-11(18)5-3-10/h2-5,8-9,12-13,24H,6-7H2,1H3,(H2,19,20,21,22,23)/t9-,12+,13-/m0/s1. The Hall–Kier alpha value is -2.18. The molecule has 2 aromatic heterocycles. The number of aliphatic hydroxyl groups is 1. The molecule has 1 aromatic carbocycles. The van der Waals surface area contributed by atoms with E-state index in [0.29, 0.717) is 16.6 Å². The Bertz CT molecular complexity index is 853. The number of benzene rings is 1. The quantitative estimate of drug-likeness (QED) is 0.679. The van der Waals surface area contributed by atoms with Gasteiger partial charge in [-0.2, -0.15) is 0 Å². The van der Waals surface area contributed by atoms with E-state index in [-0.39, 0.29) is 12.1 Å². The molecule has 1 aliphatic rings. The van der Waals surface area contributed by atoms with E-state index in [9.17, 15) is 5.11 Å². The number of halogens is 1. The SMILES string of the molecule is C[C@H]1C[C@@H](Nc2ncnc3nc(-c4ccc(Cl)cc4)[nH]c23)C[C@@H]1O. The first-order valence-electron chi connectivity index (χ1n) is 8.01. The van der Waals surface area contributed by atoms with Crippen molar-refractivity contribution in [2.24, 2.45) is 5.92 Å². The van der Waals surface area contributed by atoms with Crippen molar-refractivity contribution in [3.8, 4) is 11.4 Å². The fourth-order valence-corrected chi connectivity index (χ4v) is 3.35. The van der Waals surface area contributed by atoms with E-state index in [2.05, 4.69) is 32.2 Å². The lowest BCUT2D eigenvalue weighted by Gasteiger charge is -2.12. The number of nitrogens with zero attached hydrogens (tertiary/aromatic N) is 3. The largest absolute Gasteiger partial charge is 0.393 e. The van der Waals surface area contributed by atoms with Crippen molar-refractivity contribution in [3.05, 3.63) is 35.6 Å². The molecule has 1 aliphatic carbocycles. The molecule has 0 unspecified atom stereocenters. The van der Waals surface area contributed by atoms with Crippen LogP contribution < -0.4 is 5.32 Å². The molecule has 3 N–H and O–H groups in total. The number of nitrogens with one attached hydrogen (secondary N) is 2. The highest BCUT2D eigenvalue weighted by molar-refractivity contribution is 6.30. The van der Waals surface area contributed by atoms with Crippen LogP contribution in [0.15, 0.2) is 30.6 Å². The second-order valence-electron chi connectivity index (χ2n) is 6.37. The molecule has 7 heteroatoms. The van der Waals surface area contributed by atoms with Crippen LogP contribution >= 0.6 is 11.6 Å². The highest BCUT2D eigenvalue weighted by Gasteiger charge is 2.30. The molecule has 24 heavy (non-hydrogen) atoms. The minimum atomic E-state index is -0.258. The normalized spacial score (nSPS) is 23.7. The molecule has 3 atom stereocenters. The number of rotatable bonds is 3. The monoisotopic (exact) mass is 343 g/mol. The fourth-order valence-electron chi connectivity index (χ4n) is 3.22. The van der Waals surface area contributed by atoms with Gasteiger partial charge in [0.2, 0.25) is 0 Å². The topological polar surface area (TPSA) is 86.7 Å². The summed E-state index contributed by atoms with van der Waals surface area (Å²) in [5.74, 6) is 1.75. The van der Waals surface area contributed by atoms with E-state index in [0.717, 1.165) is 35.6 Å². The summed E-state index contributed by atoms with van der Waals surface area (Å²) >= 11 is 5.94. The molecule has 1 fully saturated rings. The number of H-pyrrole nitrogens is 1. The van der Waals surface area contributed by atoms with Gasteiger partial charge in [-0.1, -0.05) is 18.5 Å². The Labute approximate surface area is 144 Å². The summed E-state index contributed by atoms with van der Waals surface area (Å²) in [6, 6.07) is 7.69. The van der Waals surface area contributed by atoms with E-state index < -0.39 is 0 Å². The van der Waals surface area contributed by atoms with Gasteiger partial charge >= 0.3 is 0 Å². The third kappa shape index (κ3) is 2.83. The first-order chi connectivity index (χ1) is 11.6. The molecular weight excluding hydrogens is 326 g/mol. The lowest BCUT2D eigenvalue weighted by Crippen LogP contribution is -2.17. The third-order valence-corrected chi connectivity index (χ3v) is 4.84. The van der Waals surface area contributed by atoms with Gasteiger partial charge < -0.3 is 15.4 Å². The molecule has 4 rings (SSSR count). The van der Waals surface area contributed by atoms with E-state index in [4.69, 9.17) is 11.6 Å². The van der Waals surface area contributed by atoms with Crippen molar-refractivity contribution < 1.29 is 5.11 Å². The summed E-state index contributed by atoms with van der Waals surface area (Å²) in [5.41, 5.74) is 2.33. The molecule has 2 heterocycles. The van der Waals surface area contributed by atoms with Gasteiger partial charge in [-0.25, -0.2) is 15.0 Å². The minimum Gasteiger partial charge on any atom is -0.393 e. The lowest BCUT2D eigenvalue weighted by molar-refractivity contribution is 0.141. The van der Waals surface area contributed by atoms with Crippen LogP contribution in [0.3, 0.4) is 0 Å². The number of fused-ring (bicyclic) bond motifs is 1. The predicted molar refractivity (Wildman–Crippen MR) is 93.9 cm³/mol. The highest BCUT2D eigenvalue weighted by atomic mass is 35.5. The van der Waals surface area contributed by atoms with Gasteiger partial charge in [0.25, 0.3) is 0 Å². The zero-order valence-corrected chi connectivity index (χ0v) is 14.0. The summed E-state index contributed by atoms with van der Waals surface area (Å²) in [6.07, 6.45) is 2.90. The average Bonchev–Trinajstić information content (AvgIpc) is 3.13. The summed E-state index contributed by atoms with van der Waals surface area (Å²) in [5, 5.41) is 14.0. The lowest BCUT2D eigenvalue weighted by atomic mass is 10.1. The Morgan fingerprint density at radius 3 is 2.71 bits per heavy atom. The van der Waals surface area contributed by atoms with Crippen molar-refractivity contribution in [2.75, 3.05) is 5.32 Å². The Balaban J connectivity index is 1.66. The number of aromatic amines is 1. The second kappa shape index (κ2) is 6.03. The second-order valence-corrected chi connectivity index (χ2v) is 6.81. The Morgan fingerprint density at radius 2 is 2.00 bits per heavy atom. The van der Waals surface area contributed by atoms with E-state index in [1.165, 1.54) is 6.33 Å². The van der Waals surface area contributed by atoms with Gasteiger partial charge in [-0.05, 0) is 43.0 Å². The average molecular weight is 344 g/mol. The molecule has 0 radical (unpaired) electrons. The van der Waals surface area contributed by atoms with Crippen molar-refractivity contribution in [1.29, 1.82) is 0 Å². The first kappa shape index (κ1) is 15.4. The van der Waals surface area contributed by atoms with Gasteiger partial charge in [0.05, 0.1) is 6.10 Å². The smallest absolute Gasteiger partial charge is 0.183 e.